The average molecular weight is 534 g/mol. The van der Waals surface area contributed by atoms with Gasteiger partial charge in [0.1, 0.15) is 0 Å². The van der Waals surface area contributed by atoms with Crippen LogP contribution in [0.5, 0.6) is 5.75 Å². The SMILES string of the molecule is CN=C(NCC1CN(C)CCN1C)N1CCN(Cc2ccc(OC)c(F)c2)CC1.I. The van der Waals surface area contributed by atoms with Gasteiger partial charge in [0.25, 0.3) is 0 Å². The lowest BCUT2D eigenvalue weighted by Gasteiger charge is -2.40. The third-order valence-corrected chi connectivity index (χ3v) is 5.98. The van der Waals surface area contributed by atoms with Gasteiger partial charge in [0, 0.05) is 72.0 Å². The Morgan fingerprint density at radius 1 is 1.17 bits per heavy atom. The van der Waals surface area contributed by atoms with Crippen molar-refractivity contribution in [2.75, 3.05) is 80.6 Å². The molecule has 0 bridgehead atoms. The van der Waals surface area contributed by atoms with E-state index >= 15 is 0 Å². The van der Waals surface area contributed by atoms with Crippen LogP contribution < -0.4 is 10.1 Å². The maximum absolute atomic E-state index is 13.9. The predicted octanol–water partition coefficient (Wildman–Crippen LogP) is 1.39. The minimum absolute atomic E-state index is 0. The van der Waals surface area contributed by atoms with E-state index in [1.807, 2.05) is 13.1 Å². The van der Waals surface area contributed by atoms with E-state index in [1.54, 1.807) is 12.1 Å². The minimum atomic E-state index is -0.299. The van der Waals surface area contributed by atoms with Crippen LogP contribution in [-0.2, 0) is 6.54 Å². The average Bonchev–Trinajstić information content (AvgIpc) is 2.72. The molecule has 0 aromatic heterocycles. The molecule has 2 fully saturated rings. The minimum Gasteiger partial charge on any atom is -0.494 e. The summed E-state index contributed by atoms with van der Waals surface area (Å²) in [6.45, 7) is 8.65. The van der Waals surface area contributed by atoms with Gasteiger partial charge in [0.2, 0.25) is 0 Å². The third kappa shape index (κ3) is 6.66. The molecule has 2 aliphatic heterocycles. The van der Waals surface area contributed by atoms with Crippen molar-refractivity contribution in [2.45, 2.75) is 12.6 Å². The second kappa shape index (κ2) is 12.0. The van der Waals surface area contributed by atoms with Gasteiger partial charge in [-0.15, -0.1) is 24.0 Å². The highest BCUT2D eigenvalue weighted by molar-refractivity contribution is 14.0. The topological polar surface area (TPSA) is 46.6 Å². The summed E-state index contributed by atoms with van der Waals surface area (Å²) in [5, 5.41) is 3.57. The number of hydrogen-bond acceptors (Lipinski definition) is 5. The van der Waals surface area contributed by atoms with Crippen LogP contribution in [0, 0.1) is 5.82 Å². The van der Waals surface area contributed by atoms with Gasteiger partial charge in [0.15, 0.2) is 17.5 Å². The molecule has 1 aromatic rings. The third-order valence-electron chi connectivity index (χ3n) is 5.98. The highest BCUT2D eigenvalue weighted by atomic mass is 127. The molecule has 170 valence electrons. The van der Waals surface area contributed by atoms with Gasteiger partial charge >= 0.3 is 0 Å². The Bertz CT molecular complexity index is 698. The smallest absolute Gasteiger partial charge is 0.193 e. The fraction of sp³-hybridized carbons (Fsp3) is 0.667. The molecule has 0 aliphatic carbocycles. The number of ether oxygens (including phenoxy) is 1. The molecule has 0 radical (unpaired) electrons. The monoisotopic (exact) mass is 534 g/mol. The number of nitrogens with one attached hydrogen (secondary N) is 1. The summed E-state index contributed by atoms with van der Waals surface area (Å²) in [6.07, 6.45) is 0. The summed E-state index contributed by atoms with van der Waals surface area (Å²) in [5.74, 6) is 0.969. The first-order valence-corrected chi connectivity index (χ1v) is 10.4. The molecule has 1 atom stereocenters. The van der Waals surface area contributed by atoms with Gasteiger partial charge in [-0.25, -0.2) is 4.39 Å². The first-order valence-electron chi connectivity index (χ1n) is 10.4. The van der Waals surface area contributed by atoms with Crippen LogP contribution in [-0.4, -0.2) is 112 Å². The van der Waals surface area contributed by atoms with Crippen LogP contribution >= 0.6 is 24.0 Å². The van der Waals surface area contributed by atoms with Gasteiger partial charge in [-0.1, -0.05) is 6.07 Å². The van der Waals surface area contributed by atoms with E-state index in [2.05, 4.69) is 44.0 Å². The molecule has 0 amide bonds. The molecule has 3 rings (SSSR count). The number of piperazine rings is 2. The number of benzene rings is 1. The molecule has 0 spiro atoms. The van der Waals surface area contributed by atoms with E-state index in [9.17, 15) is 4.39 Å². The first-order chi connectivity index (χ1) is 14.0. The van der Waals surface area contributed by atoms with Gasteiger partial charge in [-0.3, -0.25) is 14.8 Å². The number of nitrogens with zero attached hydrogens (tertiary/aromatic N) is 5. The summed E-state index contributed by atoms with van der Waals surface area (Å²) in [4.78, 5) is 14.0. The maximum Gasteiger partial charge on any atom is 0.193 e. The molecule has 2 aliphatic rings. The fourth-order valence-electron chi connectivity index (χ4n) is 4.05. The van der Waals surface area contributed by atoms with Crippen molar-refractivity contribution in [2.24, 2.45) is 4.99 Å². The predicted molar refractivity (Wildman–Crippen MR) is 130 cm³/mol. The molecule has 2 saturated heterocycles. The quantitative estimate of drug-likeness (QED) is 0.350. The molecule has 30 heavy (non-hydrogen) atoms. The fourth-order valence-corrected chi connectivity index (χ4v) is 4.05. The number of rotatable bonds is 5. The molecule has 0 saturated carbocycles. The number of guanidine groups is 1. The second-order valence-electron chi connectivity index (χ2n) is 8.06. The molecule has 7 nitrogen and oxygen atoms in total. The Kier molecular flexibility index (Phi) is 10.1. The van der Waals surface area contributed by atoms with Crippen LogP contribution in [0.3, 0.4) is 0 Å². The van der Waals surface area contributed by atoms with Gasteiger partial charge in [-0.2, -0.15) is 0 Å². The van der Waals surface area contributed by atoms with E-state index in [4.69, 9.17) is 4.74 Å². The Morgan fingerprint density at radius 2 is 1.90 bits per heavy atom. The summed E-state index contributed by atoms with van der Waals surface area (Å²) in [7, 11) is 7.72. The highest BCUT2D eigenvalue weighted by Crippen LogP contribution is 2.19. The van der Waals surface area contributed by atoms with E-state index in [-0.39, 0.29) is 29.8 Å². The van der Waals surface area contributed by atoms with Crippen molar-refractivity contribution >= 4 is 29.9 Å². The van der Waals surface area contributed by atoms with E-state index in [0.717, 1.165) is 70.4 Å². The Hall–Kier alpha value is -1.17. The Labute approximate surface area is 197 Å². The summed E-state index contributed by atoms with van der Waals surface area (Å²) >= 11 is 0. The summed E-state index contributed by atoms with van der Waals surface area (Å²) in [5.41, 5.74) is 0.976. The van der Waals surface area contributed by atoms with Crippen LogP contribution in [0.2, 0.25) is 0 Å². The lowest BCUT2D eigenvalue weighted by Crippen LogP contribution is -2.57. The number of halogens is 2. The number of methoxy groups -OCH3 is 1. The van der Waals surface area contributed by atoms with Crippen LogP contribution in [0.4, 0.5) is 4.39 Å². The summed E-state index contributed by atoms with van der Waals surface area (Å²) < 4.78 is 18.9. The Balaban J connectivity index is 0.00000320. The molecule has 9 heteroatoms. The van der Waals surface area contributed by atoms with Crippen molar-refractivity contribution in [3.8, 4) is 5.75 Å². The largest absolute Gasteiger partial charge is 0.494 e. The zero-order chi connectivity index (χ0) is 20.8. The molecule has 2 heterocycles. The maximum atomic E-state index is 13.9. The van der Waals surface area contributed by atoms with Crippen molar-refractivity contribution in [3.05, 3.63) is 29.6 Å². The lowest BCUT2D eigenvalue weighted by atomic mass is 10.1. The number of likely N-dealkylation sites (N-methyl/N-ethyl adjacent to an activating group) is 2. The molecular weight excluding hydrogens is 498 g/mol. The second-order valence-corrected chi connectivity index (χ2v) is 8.06. The van der Waals surface area contributed by atoms with Crippen molar-refractivity contribution in [1.29, 1.82) is 0 Å². The van der Waals surface area contributed by atoms with Crippen molar-refractivity contribution in [1.82, 2.24) is 24.9 Å². The molecule has 1 N–H and O–H groups in total. The summed E-state index contributed by atoms with van der Waals surface area (Å²) in [6, 6.07) is 5.71. The van der Waals surface area contributed by atoms with E-state index < -0.39 is 0 Å². The zero-order valence-electron chi connectivity index (χ0n) is 18.6. The highest BCUT2D eigenvalue weighted by Gasteiger charge is 2.24. The number of hydrogen-bond donors (Lipinski definition) is 1. The number of aliphatic imine (C=N–C) groups is 1. The van der Waals surface area contributed by atoms with E-state index in [1.165, 1.54) is 7.11 Å². The van der Waals surface area contributed by atoms with Crippen LogP contribution in [0.25, 0.3) is 0 Å². The molecular formula is C21H36FIN6O. The van der Waals surface area contributed by atoms with Gasteiger partial charge in [0.05, 0.1) is 7.11 Å². The van der Waals surface area contributed by atoms with E-state index in [0.29, 0.717) is 11.8 Å². The molecule has 1 unspecified atom stereocenters. The lowest BCUT2D eigenvalue weighted by molar-refractivity contribution is 0.115. The first kappa shape index (κ1) is 25.1. The van der Waals surface area contributed by atoms with Gasteiger partial charge < -0.3 is 19.9 Å². The standard InChI is InChI=1S/C21H35FN6O.HI/c1-23-21(24-14-18-16-25(2)7-8-26(18)3)28-11-9-27(10-12-28)15-17-5-6-20(29-4)19(22)13-17;/h5-6,13,18H,7-12,14-16H2,1-4H3,(H,23,24);1H. The van der Waals surface area contributed by atoms with Crippen molar-refractivity contribution in [3.63, 3.8) is 0 Å². The van der Waals surface area contributed by atoms with Gasteiger partial charge in [-0.05, 0) is 31.8 Å². The van der Waals surface area contributed by atoms with Crippen LogP contribution in [0.1, 0.15) is 5.56 Å². The molecule has 1 aromatic carbocycles. The Morgan fingerprint density at radius 3 is 2.53 bits per heavy atom. The van der Waals surface area contributed by atoms with Crippen molar-refractivity contribution < 1.29 is 9.13 Å². The normalized spacial score (nSPS) is 22.0. The van der Waals surface area contributed by atoms with Crippen LogP contribution in [0.15, 0.2) is 23.2 Å². The zero-order valence-corrected chi connectivity index (χ0v) is 20.9.